The van der Waals surface area contributed by atoms with E-state index >= 15 is 0 Å². The van der Waals surface area contributed by atoms with Crippen molar-refractivity contribution < 1.29 is 9.53 Å². The van der Waals surface area contributed by atoms with E-state index < -0.39 is 0 Å². The van der Waals surface area contributed by atoms with E-state index in [0.29, 0.717) is 16.5 Å². The molecule has 1 aromatic carbocycles. The number of nitrogens with zero attached hydrogens (tertiary/aromatic N) is 2. The molecule has 0 radical (unpaired) electrons. The first-order chi connectivity index (χ1) is 10.7. The van der Waals surface area contributed by atoms with E-state index in [1.165, 1.54) is 7.11 Å². The highest BCUT2D eigenvalue weighted by molar-refractivity contribution is 6.29. The molecule has 22 heavy (non-hydrogen) atoms. The molecule has 0 aliphatic heterocycles. The summed E-state index contributed by atoms with van der Waals surface area (Å²) >= 11 is 5.77. The lowest BCUT2D eigenvalue weighted by Gasteiger charge is -2.09. The molecule has 0 saturated heterocycles. The average molecular weight is 314 g/mol. The number of pyridine rings is 2. The maximum Gasteiger partial charge on any atom is 0.337 e. The highest BCUT2D eigenvalue weighted by Crippen LogP contribution is 2.25. The second-order valence-electron chi connectivity index (χ2n) is 4.58. The number of anilines is 2. The Labute approximate surface area is 131 Å². The summed E-state index contributed by atoms with van der Waals surface area (Å²) in [5.74, 6) is 0.313. The maximum atomic E-state index is 11.6. The van der Waals surface area contributed by atoms with Gasteiger partial charge in [-0.1, -0.05) is 11.6 Å². The first-order valence-corrected chi connectivity index (χ1v) is 6.91. The van der Waals surface area contributed by atoms with E-state index in [4.69, 9.17) is 16.3 Å². The predicted octanol–water partition coefficient (Wildman–Crippen LogP) is 3.81. The smallest absolute Gasteiger partial charge is 0.337 e. The first kappa shape index (κ1) is 14.3. The highest BCUT2D eigenvalue weighted by Gasteiger charge is 2.09. The molecule has 2 aromatic heterocycles. The van der Waals surface area contributed by atoms with E-state index in [9.17, 15) is 4.79 Å². The van der Waals surface area contributed by atoms with Crippen LogP contribution in [0.5, 0.6) is 0 Å². The lowest BCUT2D eigenvalue weighted by molar-refractivity contribution is 0.0601. The Hall–Kier alpha value is -2.66. The fourth-order valence-corrected chi connectivity index (χ4v) is 2.22. The molecule has 1 N–H and O–H groups in total. The van der Waals surface area contributed by atoms with Crippen LogP contribution in [-0.4, -0.2) is 23.0 Å². The normalized spacial score (nSPS) is 10.5. The number of esters is 1. The number of methoxy groups -OCH3 is 1. The third-order valence-corrected chi connectivity index (χ3v) is 3.40. The van der Waals surface area contributed by atoms with E-state index in [-0.39, 0.29) is 5.97 Å². The molecular formula is C16H12ClN3O2. The first-order valence-electron chi connectivity index (χ1n) is 6.53. The Balaban J connectivity index is 1.99. The molecule has 0 fully saturated rings. The van der Waals surface area contributed by atoms with Gasteiger partial charge in [0.05, 0.1) is 24.6 Å². The van der Waals surface area contributed by atoms with Gasteiger partial charge in [-0.3, -0.25) is 0 Å². The van der Waals surface area contributed by atoms with Gasteiger partial charge in [-0.15, -0.1) is 0 Å². The summed E-state index contributed by atoms with van der Waals surface area (Å²) in [6.07, 6.45) is 3.31. The van der Waals surface area contributed by atoms with Crippen molar-refractivity contribution in [1.29, 1.82) is 0 Å². The monoisotopic (exact) mass is 313 g/mol. The van der Waals surface area contributed by atoms with Gasteiger partial charge in [0.15, 0.2) is 0 Å². The van der Waals surface area contributed by atoms with E-state index in [1.54, 1.807) is 30.6 Å². The molecule has 0 bridgehead atoms. The van der Waals surface area contributed by atoms with Crippen LogP contribution >= 0.6 is 11.6 Å². The van der Waals surface area contributed by atoms with Crippen molar-refractivity contribution in [1.82, 2.24) is 9.97 Å². The number of fused-ring (bicyclic) bond motifs is 1. The van der Waals surface area contributed by atoms with Crippen LogP contribution in [0.25, 0.3) is 10.8 Å². The Bertz CT molecular complexity index is 834. The van der Waals surface area contributed by atoms with Crippen molar-refractivity contribution >= 4 is 39.8 Å². The average Bonchev–Trinajstić information content (AvgIpc) is 2.56. The van der Waals surface area contributed by atoms with Crippen LogP contribution < -0.4 is 5.32 Å². The van der Waals surface area contributed by atoms with E-state index in [1.807, 2.05) is 18.2 Å². The van der Waals surface area contributed by atoms with Gasteiger partial charge in [0.2, 0.25) is 0 Å². The van der Waals surface area contributed by atoms with Crippen LogP contribution in [0, 0.1) is 0 Å². The zero-order valence-electron chi connectivity index (χ0n) is 11.7. The van der Waals surface area contributed by atoms with Gasteiger partial charge in [0.25, 0.3) is 0 Å². The SMILES string of the molecule is COC(=O)c1ccc2c(Nc3ccc(Cl)nc3)nccc2c1. The van der Waals surface area contributed by atoms with Crippen LogP contribution in [0.3, 0.4) is 0 Å². The molecule has 0 aliphatic rings. The van der Waals surface area contributed by atoms with Gasteiger partial charge in [0, 0.05) is 11.6 Å². The maximum absolute atomic E-state index is 11.6. The van der Waals surface area contributed by atoms with Crippen molar-refractivity contribution in [3.63, 3.8) is 0 Å². The summed E-state index contributed by atoms with van der Waals surface area (Å²) in [4.78, 5) is 19.9. The third-order valence-electron chi connectivity index (χ3n) is 3.18. The second-order valence-corrected chi connectivity index (χ2v) is 4.97. The minimum Gasteiger partial charge on any atom is -0.465 e. The van der Waals surface area contributed by atoms with Crippen LogP contribution in [0.2, 0.25) is 5.15 Å². The molecule has 0 amide bonds. The van der Waals surface area contributed by atoms with Crippen molar-refractivity contribution in [3.8, 4) is 0 Å². The Kier molecular flexibility index (Phi) is 3.89. The molecular weight excluding hydrogens is 302 g/mol. The summed E-state index contributed by atoms with van der Waals surface area (Å²) in [6, 6.07) is 10.7. The summed E-state index contributed by atoms with van der Waals surface area (Å²) in [6.45, 7) is 0. The molecule has 0 atom stereocenters. The van der Waals surface area contributed by atoms with Gasteiger partial charge in [-0.25, -0.2) is 14.8 Å². The Morgan fingerprint density at radius 1 is 1.18 bits per heavy atom. The lowest BCUT2D eigenvalue weighted by atomic mass is 10.1. The molecule has 6 heteroatoms. The van der Waals surface area contributed by atoms with Crippen molar-refractivity contribution in [3.05, 3.63) is 59.5 Å². The summed E-state index contributed by atoms with van der Waals surface area (Å²) < 4.78 is 4.73. The topological polar surface area (TPSA) is 64.1 Å². The molecule has 5 nitrogen and oxygen atoms in total. The molecule has 0 saturated carbocycles. The van der Waals surface area contributed by atoms with Crippen LogP contribution in [0.1, 0.15) is 10.4 Å². The minimum atomic E-state index is -0.366. The Morgan fingerprint density at radius 2 is 2.05 bits per heavy atom. The molecule has 0 unspecified atom stereocenters. The number of hydrogen-bond acceptors (Lipinski definition) is 5. The van der Waals surface area contributed by atoms with Crippen molar-refractivity contribution in [2.75, 3.05) is 12.4 Å². The third kappa shape index (κ3) is 2.84. The number of halogens is 1. The van der Waals surface area contributed by atoms with Crippen molar-refractivity contribution in [2.45, 2.75) is 0 Å². The summed E-state index contributed by atoms with van der Waals surface area (Å²) in [7, 11) is 1.36. The highest BCUT2D eigenvalue weighted by atomic mass is 35.5. The van der Waals surface area contributed by atoms with Crippen LogP contribution in [0.4, 0.5) is 11.5 Å². The molecule has 0 aliphatic carbocycles. The zero-order chi connectivity index (χ0) is 15.5. The largest absolute Gasteiger partial charge is 0.465 e. The number of ether oxygens (including phenoxy) is 1. The number of aromatic nitrogens is 2. The lowest BCUT2D eigenvalue weighted by Crippen LogP contribution is -2.01. The predicted molar refractivity (Wildman–Crippen MR) is 85.6 cm³/mol. The standard InChI is InChI=1S/C16H12ClN3O2/c1-22-16(21)11-2-4-13-10(8-11)6-7-18-15(13)20-12-3-5-14(17)19-9-12/h2-9H,1H3,(H,18,20). The quantitative estimate of drug-likeness (QED) is 0.588. The second kappa shape index (κ2) is 5.99. The molecule has 0 spiro atoms. The molecule has 2 heterocycles. The fourth-order valence-electron chi connectivity index (χ4n) is 2.11. The summed E-state index contributed by atoms with van der Waals surface area (Å²) in [5.41, 5.74) is 1.28. The fraction of sp³-hybridized carbons (Fsp3) is 0.0625. The molecule has 110 valence electrons. The summed E-state index contributed by atoms with van der Waals surface area (Å²) in [5, 5.41) is 5.40. The van der Waals surface area contributed by atoms with E-state index in [2.05, 4.69) is 15.3 Å². The number of hydrogen-bond donors (Lipinski definition) is 1. The number of benzene rings is 1. The molecule has 3 rings (SSSR count). The van der Waals surface area contributed by atoms with Crippen molar-refractivity contribution in [2.24, 2.45) is 0 Å². The van der Waals surface area contributed by atoms with Gasteiger partial charge < -0.3 is 10.1 Å². The van der Waals surface area contributed by atoms with Crippen LogP contribution in [-0.2, 0) is 4.74 Å². The zero-order valence-corrected chi connectivity index (χ0v) is 12.5. The van der Waals surface area contributed by atoms with Gasteiger partial charge in [-0.2, -0.15) is 0 Å². The Morgan fingerprint density at radius 3 is 2.77 bits per heavy atom. The van der Waals surface area contributed by atoms with Gasteiger partial charge in [-0.05, 0) is 41.8 Å². The van der Waals surface area contributed by atoms with Gasteiger partial charge in [0.1, 0.15) is 11.0 Å². The van der Waals surface area contributed by atoms with Gasteiger partial charge >= 0.3 is 5.97 Å². The number of rotatable bonds is 3. The van der Waals surface area contributed by atoms with E-state index in [0.717, 1.165) is 16.5 Å². The minimum absolute atomic E-state index is 0.366. The number of nitrogens with one attached hydrogen (secondary N) is 1. The molecule has 3 aromatic rings. The number of carbonyl (C=O) groups is 1. The number of carbonyl (C=O) groups excluding carboxylic acids is 1. The van der Waals surface area contributed by atoms with Crippen LogP contribution in [0.15, 0.2) is 48.8 Å².